The molecule has 1 aliphatic heterocycles. The first-order valence-corrected chi connectivity index (χ1v) is 11.2. The smallest absolute Gasteiger partial charge is 0.422 e. The van der Waals surface area contributed by atoms with E-state index in [9.17, 15) is 23.1 Å². The van der Waals surface area contributed by atoms with Crippen LogP contribution in [0.4, 0.5) is 18.9 Å². The predicted molar refractivity (Wildman–Crippen MR) is 121 cm³/mol. The molecule has 0 aromatic heterocycles. The Morgan fingerprint density at radius 1 is 1.12 bits per heavy atom. The summed E-state index contributed by atoms with van der Waals surface area (Å²) in [4.78, 5) is 13.8. The van der Waals surface area contributed by atoms with Crippen molar-refractivity contribution >= 4 is 11.7 Å². The number of rotatable bonds is 13. The van der Waals surface area contributed by atoms with Crippen LogP contribution in [0.15, 0.2) is 36.4 Å². The summed E-state index contributed by atoms with van der Waals surface area (Å²) in [7, 11) is 0. The average Bonchev–Trinajstić information content (AvgIpc) is 3.20. The summed E-state index contributed by atoms with van der Waals surface area (Å²) in [6.07, 6.45) is -2.45. The number of aliphatic hydroxyl groups is 1. The lowest BCUT2D eigenvalue weighted by molar-refractivity contribution is -0.153. The molecule has 0 bridgehead atoms. The van der Waals surface area contributed by atoms with Crippen molar-refractivity contribution < 1.29 is 37.7 Å². The Bertz CT molecular complexity index is 968. The van der Waals surface area contributed by atoms with Crippen molar-refractivity contribution in [1.29, 1.82) is 0 Å². The van der Waals surface area contributed by atoms with Crippen LogP contribution in [-0.2, 0) is 12.8 Å². The van der Waals surface area contributed by atoms with Crippen molar-refractivity contribution in [3.63, 3.8) is 0 Å². The molecular weight excluding hydrogens is 453 g/mol. The molecule has 0 spiro atoms. The second kappa shape index (κ2) is 11.9. The van der Waals surface area contributed by atoms with Crippen LogP contribution in [-0.4, -0.2) is 68.4 Å². The first-order chi connectivity index (χ1) is 16.3. The van der Waals surface area contributed by atoms with Crippen molar-refractivity contribution in [1.82, 2.24) is 5.32 Å². The van der Waals surface area contributed by atoms with Crippen LogP contribution in [0.5, 0.6) is 11.5 Å². The minimum absolute atomic E-state index is 0.0344. The Balaban J connectivity index is 1.48. The standard InChI is InChI=1S/C24H29F3N2O5/c25-24(26,27)16-34-21-5-2-1-4-20(21)33-13-9-28-8-6-17-14-18-7-11-29(10-3-12-30)22(18)19(15-17)23(31)32/h1-2,4-5,14-15,28,30H,3,6-13,16H2,(H,31,32). The van der Waals surface area contributed by atoms with Gasteiger partial charge in [0.15, 0.2) is 18.1 Å². The number of carboxylic acid groups (broad SMARTS) is 1. The number of hydrogen-bond donors (Lipinski definition) is 3. The van der Waals surface area contributed by atoms with Gasteiger partial charge in [-0.1, -0.05) is 18.2 Å². The molecule has 0 saturated heterocycles. The number of benzene rings is 2. The molecule has 0 atom stereocenters. The van der Waals surface area contributed by atoms with E-state index >= 15 is 0 Å². The molecule has 0 aliphatic carbocycles. The van der Waals surface area contributed by atoms with E-state index in [1.54, 1.807) is 24.3 Å². The van der Waals surface area contributed by atoms with E-state index in [1.807, 2.05) is 11.0 Å². The third-order valence-electron chi connectivity index (χ3n) is 5.40. The van der Waals surface area contributed by atoms with Crippen LogP contribution in [0, 0.1) is 0 Å². The van der Waals surface area contributed by atoms with Gasteiger partial charge in [-0.25, -0.2) is 4.79 Å². The highest BCUT2D eigenvalue weighted by atomic mass is 19.4. The van der Waals surface area contributed by atoms with E-state index < -0.39 is 18.8 Å². The minimum Gasteiger partial charge on any atom is -0.488 e. The van der Waals surface area contributed by atoms with Gasteiger partial charge in [0, 0.05) is 26.2 Å². The number of nitrogens with one attached hydrogen (secondary N) is 1. The number of ether oxygens (including phenoxy) is 2. The lowest BCUT2D eigenvalue weighted by atomic mass is 10.0. The Hall–Kier alpha value is -2.98. The highest BCUT2D eigenvalue weighted by Crippen LogP contribution is 2.33. The number of para-hydroxylation sites is 2. The van der Waals surface area contributed by atoms with Crippen LogP contribution < -0.4 is 19.7 Å². The lowest BCUT2D eigenvalue weighted by Crippen LogP contribution is -2.25. The molecule has 0 unspecified atom stereocenters. The number of aliphatic hydroxyl groups excluding tert-OH is 1. The fraction of sp³-hybridized carbons (Fsp3) is 0.458. The molecule has 3 N–H and O–H groups in total. The molecule has 2 aromatic rings. The SMILES string of the molecule is O=C(O)c1cc(CCNCCOc2ccccc2OCC(F)(F)F)cc2c1N(CCCO)CC2. The summed E-state index contributed by atoms with van der Waals surface area (Å²) >= 11 is 0. The molecule has 0 fully saturated rings. The molecule has 1 aliphatic rings. The zero-order valence-corrected chi connectivity index (χ0v) is 18.7. The van der Waals surface area contributed by atoms with E-state index in [0.29, 0.717) is 32.5 Å². The summed E-state index contributed by atoms with van der Waals surface area (Å²) in [6, 6.07) is 9.94. The van der Waals surface area contributed by atoms with Gasteiger partial charge in [0.05, 0.1) is 11.3 Å². The summed E-state index contributed by atoms with van der Waals surface area (Å²) in [5, 5.41) is 22.0. The van der Waals surface area contributed by atoms with Gasteiger partial charge >= 0.3 is 12.1 Å². The third-order valence-corrected chi connectivity index (χ3v) is 5.40. The van der Waals surface area contributed by atoms with Crippen LogP contribution in [0.3, 0.4) is 0 Å². The topological polar surface area (TPSA) is 91.3 Å². The van der Waals surface area contributed by atoms with Gasteiger partial charge < -0.3 is 29.9 Å². The van der Waals surface area contributed by atoms with Gasteiger partial charge in [0.2, 0.25) is 0 Å². The predicted octanol–water partition coefficient (Wildman–Crippen LogP) is 3.28. The van der Waals surface area contributed by atoms with Crippen molar-refractivity contribution in [3.8, 4) is 11.5 Å². The Labute approximate surface area is 196 Å². The van der Waals surface area contributed by atoms with E-state index in [0.717, 1.165) is 29.8 Å². The maximum atomic E-state index is 12.4. The maximum absolute atomic E-state index is 12.4. The number of nitrogens with zero attached hydrogens (tertiary/aromatic N) is 1. The molecule has 1 heterocycles. The van der Waals surface area contributed by atoms with Crippen molar-refractivity contribution in [2.24, 2.45) is 0 Å². The van der Waals surface area contributed by atoms with Gasteiger partial charge in [-0.2, -0.15) is 13.2 Å². The number of carbonyl (C=O) groups is 1. The second-order valence-corrected chi connectivity index (χ2v) is 7.97. The summed E-state index contributed by atoms with van der Waals surface area (Å²) in [6.45, 7) is 1.31. The van der Waals surface area contributed by atoms with Crippen LogP contribution in [0.2, 0.25) is 0 Å². The fourth-order valence-electron chi connectivity index (χ4n) is 3.92. The third kappa shape index (κ3) is 7.26. The van der Waals surface area contributed by atoms with E-state index in [-0.39, 0.29) is 30.3 Å². The maximum Gasteiger partial charge on any atom is 0.422 e. The fourth-order valence-corrected chi connectivity index (χ4v) is 3.92. The largest absolute Gasteiger partial charge is 0.488 e. The van der Waals surface area contributed by atoms with E-state index in [1.165, 1.54) is 6.07 Å². The number of carboxylic acids is 1. The van der Waals surface area contributed by atoms with E-state index in [4.69, 9.17) is 14.6 Å². The zero-order chi connectivity index (χ0) is 24.6. The van der Waals surface area contributed by atoms with Gasteiger partial charge in [-0.05, 0) is 55.1 Å². The van der Waals surface area contributed by atoms with Crippen molar-refractivity contribution in [2.45, 2.75) is 25.4 Å². The number of alkyl halides is 3. The lowest BCUT2D eigenvalue weighted by Gasteiger charge is -2.21. The summed E-state index contributed by atoms with van der Waals surface area (Å²) in [5.41, 5.74) is 2.95. The molecule has 186 valence electrons. The first-order valence-electron chi connectivity index (χ1n) is 11.2. The zero-order valence-electron chi connectivity index (χ0n) is 18.7. The van der Waals surface area contributed by atoms with Crippen LogP contribution in [0.1, 0.15) is 27.9 Å². The summed E-state index contributed by atoms with van der Waals surface area (Å²) < 4.78 is 47.5. The number of anilines is 1. The van der Waals surface area contributed by atoms with Gasteiger partial charge in [-0.3, -0.25) is 0 Å². The Morgan fingerprint density at radius 2 is 1.85 bits per heavy atom. The molecule has 0 saturated carbocycles. The highest BCUT2D eigenvalue weighted by Gasteiger charge is 2.29. The first kappa shape index (κ1) is 25.6. The molecule has 0 amide bonds. The number of halogens is 3. The molecule has 0 radical (unpaired) electrons. The highest BCUT2D eigenvalue weighted by molar-refractivity contribution is 5.96. The second-order valence-electron chi connectivity index (χ2n) is 7.97. The quantitative estimate of drug-likeness (QED) is 0.378. The van der Waals surface area contributed by atoms with Crippen LogP contribution >= 0.6 is 0 Å². The normalized spacial score (nSPS) is 13.1. The Kier molecular flexibility index (Phi) is 9.00. The monoisotopic (exact) mass is 482 g/mol. The van der Waals surface area contributed by atoms with Gasteiger partial charge in [-0.15, -0.1) is 0 Å². The number of fused-ring (bicyclic) bond motifs is 1. The van der Waals surface area contributed by atoms with Gasteiger partial charge in [0.25, 0.3) is 0 Å². The van der Waals surface area contributed by atoms with Gasteiger partial charge in [0.1, 0.15) is 6.61 Å². The van der Waals surface area contributed by atoms with E-state index in [2.05, 4.69) is 5.32 Å². The molecule has 7 nitrogen and oxygen atoms in total. The average molecular weight is 482 g/mol. The molecule has 10 heteroatoms. The van der Waals surface area contributed by atoms with Crippen molar-refractivity contribution in [2.75, 3.05) is 50.9 Å². The summed E-state index contributed by atoms with van der Waals surface area (Å²) in [5.74, 6) is -0.696. The van der Waals surface area contributed by atoms with Crippen LogP contribution in [0.25, 0.3) is 0 Å². The Morgan fingerprint density at radius 3 is 2.53 bits per heavy atom. The van der Waals surface area contributed by atoms with Crippen molar-refractivity contribution in [3.05, 3.63) is 53.1 Å². The minimum atomic E-state index is -4.43. The molecule has 34 heavy (non-hydrogen) atoms. The molecule has 2 aromatic carbocycles. The molecular formula is C24H29F3N2O5. The molecule has 3 rings (SSSR count). The number of hydrogen-bond acceptors (Lipinski definition) is 6. The number of aromatic carboxylic acids is 1.